The van der Waals surface area contributed by atoms with E-state index in [4.69, 9.17) is 4.42 Å². The summed E-state index contributed by atoms with van der Waals surface area (Å²) in [6.07, 6.45) is 2.10. The molecule has 1 aliphatic carbocycles. The smallest absolute Gasteiger partial charge is 0.281 e. The molecule has 2 heterocycles. The zero-order chi connectivity index (χ0) is 16.3. The summed E-state index contributed by atoms with van der Waals surface area (Å²) in [5.74, 6) is 0.581. The van der Waals surface area contributed by atoms with Crippen LogP contribution in [0, 0.1) is 6.92 Å². The molecule has 6 heteroatoms. The number of halogens is 1. The van der Waals surface area contributed by atoms with Crippen LogP contribution in [0.1, 0.15) is 30.3 Å². The Morgan fingerprint density at radius 2 is 2.13 bits per heavy atom. The molecule has 0 bridgehead atoms. The first-order valence-corrected chi connectivity index (χ1v) is 8.54. The Kier molecular flexibility index (Phi) is 3.35. The summed E-state index contributed by atoms with van der Waals surface area (Å²) in [5, 5.41) is 0.963. The van der Waals surface area contributed by atoms with Gasteiger partial charge in [-0.15, -0.1) is 0 Å². The highest BCUT2D eigenvalue weighted by molar-refractivity contribution is 9.10. The summed E-state index contributed by atoms with van der Waals surface area (Å²) in [6.45, 7) is 2.61. The minimum Gasteiger partial charge on any atom is -0.438 e. The second-order valence-electron chi connectivity index (χ2n) is 6.50. The molecule has 1 aliphatic rings. The normalized spacial score (nSPS) is 15.2. The SMILES string of the molecule is Cc1c(Br)ccc2c3oc(CN(C)C)nc3c(=O)n(C3CC3)c12. The topological polar surface area (TPSA) is 51.3 Å². The average molecular weight is 376 g/mol. The first kappa shape index (κ1) is 14.9. The average Bonchev–Trinajstić information content (AvgIpc) is 3.23. The van der Waals surface area contributed by atoms with Crippen LogP contribution in [-0.4, -0.2) is 28.5 Å². The highest BCUT2D eigenvalue weighted by Gasteiger charge is 2.30. The van der Waals surface area contributed by atoms with E-state index in [9.17, 15) is 4.79 Å². The van der Waals surface area contributed by atoms with Crippen LogP contribution in [0.5, 0.6) is 0 Å². The van der Waals surface area contributed by atoms with E-state index >= 15 is 0 Å². The number of hydrogen-bond donors (Lipinski definition) is 0. The predicted molar refractivity (Wildman–Crippen MR) is 93.9 cm³/mol. The molecule has 3 aromatic rings. The molecule has 0 radical (unpaired) electrons. The number of fused-ring (bicyclic) bond motifs is 3. The molecule has 5 nitrogen and oxygen atoms in total. The zero-order valence-electron chi connectivity index (χ0n) is 13.4. The van der Waals surface area contributed by atoms with Crippen molar-refractivity contribution < 1.29 is 4.42 Å². The molecule has 1 fully saturated rings. The maximum absolute atomic E-state index is 13.0. The fourth-order valence-corrected chi connectivity index (χ4v) is 3.42. The Hall–Kier alpha value is -1.66. The van der Waals surface area contributed by atoms with Crippen LogP contribution in [0.25, 0.3) is 22.0 Å². The van der Waals surface area contributed by atoms with Gasteiger partial charge in [-0.25, -0.2) is 4.98 Å². The number of hydrogen-bond acceptors (Lipinski definition) is 4. The second kappa shape index (κ2) is 5.18. The van der Waals surface area contributed by atoms with Crippen LogP contribution >= 0.6 is 15.9 Å². The zero-order valence-corrected chi connectivity index (χ0v) is 15.0. The molecule has 0 amide bonds. The number of oxazole rings is 1. The number of pyridine rings is 1. The van der Waals surface area contributed by atoms with Gasteiger partial charge in [0.2, 0.25) is 5.89 Å². The van der Waals surface area contributed by atoms with Crippen molar-refractivity contribution in [2.75, 3.05) is 14.1 Å². The molecular formula is C17H18BrN3O2. The van der Waals surface area contributed by atoms with Crippen molar-refractivity contribution >= 4 is 37.9 Å². The van der Waals surface area contributed by atoms with Crippen LogP contribution in [0.2, 0.25) is 0 Å². The molecular weight excluding hydrogens is 358 g/mol. The third kappa shape index (κ3) is 2.32. The van der Waals surface area contributed by atoms with Gasteiger partial charge >= 0.3 is 0 Å². The van der Waals surface area contributed by atoms with Crippen molar-refractivity contribution in [3.63, 3.8) is 0 Å². The lowest BCUT2D eigenvalue weighted by Gasteiger charge is -2.12. The van der Waals surface area contributed by atoms with Crippen molar-refractivity contribution in [3.8, 4) is 0 Å². The van der Waals surface area contributed by atoms with Gasteiger partial charge < -0.3 is 13.9 Å². The monoisotopic (exact) mass is 375 g/mol. The van der Waals surface area contributed by atoms with Gasteiger partial charge in [-0.2, -0.15) is 0 Å². The Labute approximate surface area is 142 Å². The predicted octanol–water partition coefficient (Wildman–Crippen LogP) is 3.61. The molecule has 1 saturated carbocycles. The van der Waals surface area contributed by atoms with Crippen molar-refractivity contribution in [2.45, 2.75) is 32.4 Å². The molecule has 0 unspecified atom stereocenters. The number of benzene rings is 1. The van der Waals surface area contributed by atoms with Crippen molar-refractivity contribution in [3.05, 3.63) is 38.4 Å². The van der Waals surface area contributed by atoms with Gasteiger partial charge in [-0.05, 0) is 51.6 Å². The number of nitrogens with zero attached hydrogens (tertiary/aromatic N) is 3. The van der Waals surface area contributed by atoms with E-state index < -0.39 is 0 Å². The van der Waals surface area contributed by atoms with Gasteiger partial charge in [0.15, 0.2) is 11.1 Å². The van der Waals surface area contributed by atoms with E-state index in [-0.39, 0.29) is 11.6 Å². The number of aryl methyl sites for hydroxylation is 1. The molecule has 120 valence electrons. The minimum absolute atomic E-state index is 0.0371. The largest absolute Gasteiger partial charge is 0.438 e. The number of rotatable bonds is 3. The fourth-order valence-electron chi connectivity index (χ4n) is 3.10. The number of aromatic nitrogens is 2. The van der Waals surface area contributed by atoms with Crippen LogP contribution < -0.4 is 5.56 Å². The van der Waals surface area contributed by atoms with Gasteiger partial charge in [-0.3, -0.25) is 4.79 Å². The highest BCUT2D eigenvalue weighted by Crippen LogP contribution is 2.39. The Morgan fingerprint density at radius 1 is 1.39 bits per heavy atom. The first-order valence-electron chi connectivity index (χ1n) is 7.75. The summed E-state index contributed by atoms with van der Waals surface area (Å²) in [4.78, 5) is 19.5. The van der Waals surface area contributed by atoms with Crippen LogP contribution in [0.3, 0.4) is 0 Å². The van der Waals surface area contributed by atoms with Crippen LogP contribution in [0.15, 0.2) is 25.8 Å². The van der Waals surface area contributed by atoms with Crippen LogP contribution in [-0.2, 0) is 6.54 Å². The highest BCUT2D eigenvalue weighted by atomic mass is 79.9. The van der Waals surface area contributed by atoms with E-state index in [2.05, 4.69) is 20.9 Å². The summed E-state index contributed by atoms with van der Waals surface area (Å²) in [7, 11) is 3.91. The van der Waals surface area contributed by atoms with Gasteiger partial charge in [-0.1, -0.05) is 15.9 Å². The summed E-state index contributed by atoms with van der Waals surface area (Å²) >= 11 is 3.58. The maximum atomic E-state index is 13.0. The summed E-state index contributed by atoms with van der Waals surface area (Å²) in [6, 6.07) is 4.31. The van der Waals surface area contributed by atoms with Crippen molar-refractivity contribution in [1.29, 1.82) is 0 Å². The van der Waals surface area contributed by atoms with E-state index in [0.29, 0.717) is 23.5 Å². The van der Waals surface area contributed by atoms with Crippen molar-refractivity contribution in [2.24, 2.45) is 0 Å². The molecule has 0 spiro atoms. The molecule has 23 heavy (non-hydrogen) atoms. The van der Waals surface area contributed by atoms with E-state index in [0.717, 1.165) is 33.8 Å². The molecule has 4 rings (SSSR count). The Balaban J connectivity index is 2.14. The first-order chi connectivity index (χ1) is 11.0. The molecule has 1 aromatic carbocycles. The molecule has 0 aliphatic heterocycles. The second-order valence-corrected chi connectivity index (χ2v) is 7.35. The van der Waals surface area contributed by atoms with Gasteiger partial charge in [0.05, 0.1) is 12.1 Å². The Morgan fingerprint density at radius 3 is 2.78 bits per heavy atom. The van der Waals surface area contributed by atoms with Gasteiger partial charge in [0.1, 0.15) is 0 Å². The van der Waals surface area contributed by atoms with Crippen LogP contribution in [0.4, 0.5) is 0 Å². The van der Waals surface area contributed by atoms with E-state index in [1.807, 2.05) is 42.6 Å². The molecule has 0 N–H and O–H groups in total. The van der Waals surface area contributed by atoms with Gasteiger partial charge in [0.25, 0.3) is 5.56 Å². The molecule has 0 atom stereocenters. The standard InChI is InChI=1S/C17H18BrN3O2/c1-9-12(18)7-6-11-15(9)21(10-4-5-10)17(22)14-16(11)23-13(19-14)8-20(2)3/h6-7,10H,4-5,8H2,1-3H3. The summed E-state index contributed by atoms with van der Waals surface area (Å²) < 4.78 is 8.86. The maximum Gasteiger partial charge on any atom is 0.281 e. The lowest BCUT2D eigenvalue weighted by atomic mass is 10.1. The van der Waals surface area contributed by atoms with Gasteiger partial charge in [0, 0.05) is 15.9 Å². The van der Waals surface area contributed by atoms with Crippen molar-refractivity contribution in [1.82, 2.24) is 14.5 Å². The third-order valence-electron chi connectivity index (χ3n) is 4.31. The van der Waals surface area contributed by atoms with E-state index in [1.165, 1.54) is 0 Å². The summed E-state index contributed by atoms with van der Waals surface area (Å²) in [5.41, 5.74) is 3.05. The molecule has 2 aromatic heterocycles. The quantitative estimate of drug-likeness (QED) is 0.701. The Bertz CT molecular complexity index is 983. The minimum atomic E-state index is -0.0371. The fraction of sp³-hybridized carbons (Fsp3) is 0.412. The third-order valence-corrected chi connectivity index (χ3v) is 5.17. The lowest BCUT2D eigenvalue weighted by Crippen LogP contribution is -2.20. The lowest BCUT2D eigenvalue weighted by molar-refractivity contribution is 0.349. The molecule has 0 saturated heterocycles. The van der Waals surface area contributed by atoms with E-state index in [1.54, 1.807) is 0 Å².